The zero-order valence-electron chi connectivity index (χ0n) is 8.55. The van der Waals surface area contributed by atoms with Crippen LogP contribution in [0.4, 0.5) is 26.3 Å². The topological polar surface area (TPSA) is 37.3 Å². The Labute approximate surface area is 108 Å². The van der Waals surface area contributed by atoms with Crippen molar-refractivity contribution in [1.29, 1.82) is 0 Å². The Morgan fingerprint density at radius 1 is 1.33 bits per heavy atom. The Morgan fingerprint density at radius 3 is 2.17 bits per heavy atom. The van der Waals surface area contributed by atoms with E-state index in [-0.39, 0.29) is 29.3 Å². The smallest absolute Gasteiger partial charge is 0.374 e. The minimum Gasteiger partial charge on any atom is -0.478 e. The maximum atomic E-state index is 13.2. The summed E-state index contributed by atoms with van der Waals surface area (Å²) in [7, 11) is 0. The molecule has 0 atom stereocenters. The normalized spacial score (nSPS) is 14.1. The second-order valence-corrected chi connectivity index (χ2v) is 4.50. The number of halogens is 6. The monoisotopic (exact) mass is 314 g/mol. The average Bonchev–Trinajstić information content (AvgIpc) is 2.22. The molecule has 0 aromatic heterocycles. The van der Waals surface area contributed by atoms with Gasteiger partial charge in [0.2, 0.25) is 0 Å². The molecule has 0 saturated heterocycles. The SMILES string of the molecule is O=C(O)/C=C(\SCCS)C(F)(F)C(F)(F)C(F)F. The fourth-order valence-electron chi connectivity index (χ4n) is 0.792. The first-order valence-corrected chi connectivity index (χ1v) is 5.91. The summed E-state index contributed by atoms with van der Waals surface area (Å²) in [4.78, 5) is 8.61. The summed E-state index contributed by atoms with van der Waals surface area (Å²) in [6.07, 6.45) is -4.81. The summed E-state index contributed by atoms with van der Waals surface area (Å²) in [6.45, 7) is 0. The highest BCUT2D eigenvalue weighted by atomic mass is 32.2. The summed E-state index contributed by atoms with van der Waals surface area (Å²) < 4.78 is 75.6. The van der Waals surface area contributed by atoms with Crippen molar-refractivity contribution >= 4 is 30.4 Å². The molecule has 0 bridgehead atoms. The van der Waals surface area contributed by atoms with Gasteiger partial charge in [0.25, 0.3) is 0 Å². The van der Waals surface area contributed by atoms with E-state index in [1.165, 1.54) is 0 Å². The molecule has 0 spiro atoms. The quantitative estimate of drug-likeness (QED) is 0.431. The second-order valence-electron chi connectivity index (χ2n) is 2.92. The number of carboxylic acids is 1. The lowest BCUT2D eigenvalue weighted by atomic mass is 10.1. The Kier molecular flexibility index (Phi) is 6.41. The second kappa shape index (κ2) is 6.60. The summed E-state index contributed by atoms with van der Waals surface area (Å²) in [5.74, 6) is -13.1. The summed E-state index contributed by atoms with van der Waals surface area (Å²) >= 11 is 3.66. The van der Waals surface area contributed by atoms with Gasteiger partial charge in [0.1, 0.15) is 0 Å². The Hall–Kier alpha value is -0.510. The van der Waals surface area contributed by atoms with Crippen LogP contribution in [-0.4, -0.2) is 40.9 Å². The van der Waals surface area contributed by atoms with Crippen LogP contribution in [-0.2, 0) is 4.79 Å². The number of rotatable bonds is 7. The highest BCUT2D eigenvalue weighted by Gasteiger charge is 2.65. The van der Waals surface area contributed by atoms with Crippen molar-refractivity contribution in [2.24, 2.45) is 0 Å². The van der Waals surface area contributed by atoms with Gasteiger partial charge in [0.05, 0.1) is 4.91 Å². The van der Waals surface area contributed by atoms with Gasteiger partial charge in [-0.2, -0.15) is 30.2 Å². The third kappa shape index (κ3) is 4.01. The Balaban J connectivity index is 5.39. The summed E-state index contributed by atoms with van der Waals surface area (Å²) in [5, 5.41) is 8.28. The van der Waals surface area contributed by atoms with Gasteiger partial charge in [-0.05, 0) is 5.75 Å². The maximum absolute atomic E-state index is 13.2. The third-order valence-electron chi connectivity index (χ3n) is 1.61. The van der Waals surface area contributed by atoms with Gasteiger partial charge in [-0.25, -0.2) is 13.6 Å². The first kappa shape index (κ1) is 17.5. The lowest BCUT2D eigenvalue weighted by Crippen LogP contribution is -2.47. The molecule has 18 heavy (non-hydrogen) atoms. The molecule has 0 aromatic rings. The number of carbonyl (C=O) groups is 1. The van der Waals surface area contributed by atoms with E-state index in [9.17, 15) is 31.1 Å². The van der Waals surface area contributed by atoms with Gasteiger partial charge in [-0.1, -0.05) is 0 Å². The van der Waals surface area contributed by atoms with Crippen molar-refractivity contribution in [2.75, 3.05) is 11.5 Å². The van der Waals surface area contributed by atoms with Gasteiger partial charge in [0, 0.05) is 11.8 Å². The number of allylic oxidation sites excluding steroid dienone is 1. The van der Waals surface area contributed by atoms with Crippen molar-refractivity contribution in [3.8, 4) is 0 Å². The van der Waals surface area contributed by atoms with E-state index < -0.39 is 29.1 Å². The molecule has 0 saturated carbocycles. The molecule has 0 aliphatic heterocycles. The standard InChI is InChI=1S/C8H8F6O2S2/c9-6(10)8(13,14)7(11,12)4(3-5(15)16)18-2-1-17/h3,6,17H,1-2H2,(H,15,16)/b4-3-. The summed E-state index contributed by atoms with van der Waals surface area (Å²) in [5.41, 5.74) is 0. The van der Waals surface area contributed by atoms with E-state index in [4.69, 9.17) is 5.11 Å². The number of thiol groups is 1. The van der Waals surface area contributed by atoms with E-state index in [1.54, 1.807) is 0 Å². The number of alkyl halides is 6. The third-order valence-corrected chi connectivity index (χ3v) is 3.23. The number of carboxylic acid groups (broad SMARTS) is 1. The molecule has 0 amide bonds. The fourth-order valence-corrected chi connectivity index (χ4v) is 1.88. The van der Waals surface area contributed by atoms with E-state index in [0.717, 1.165) is 0 Å². The van der Waals surface area contributed by atoms with E-state index in [2.05, 4.69) is 12.6 Å². The molecule has 0 fully saturated rings. The lowest BCUT2D eigenvalue weighted by molar-refractivity contribution is -0.243. The van der Waals surface area contributed by atoms with Crippen molar-refractivity contribution in [3.63, 3.8) is 0 Å². The van der Waals surface area contributed by atoms with Crippen molar-refractivity contribution < 1.29 is 36.2 Å². The lowest BCUT2D eigenvalue weighted by Gasteiger charge is -2.27. The fraction of sp³-hybridized carbons (Fsp3) is 0.625. The first-order valence-electron chi connectivity index (χ1n) is 4.30. The van der Waals surface area contributed by atoms with Crippen LogP contribution in [0.25, 0.3) is 0 Å². The van der Waals surface area contributed by atoms with Crippen LogP contribution in [0, 0.1) is 0 Å². The minimum atomic E-state index is -5.64. The number of hydrogen-bond acceptors (Lipinski definition) is 3. The molecule has 0 radical (unpaired) electrons. The van der Waals surface area contributed by atoms with Crippen LogP contribution in [0.15, 0.2) is 11.0 Å². The van der Waals surface area contributed by atoms with Gasteiger partial charge >= 0.3 is 24.2 Å². The minimum absolute atomic E-state index is 0.0159. The Bertz CT molecular complexity index is 332. The molecule has 0 rings (SSSR count). The molecule has 0 aliphatic carbocycles. The van der Waals surface area contributed by atoms with Gasteiger partial charge < -0.3 is 5.11 Å². The predicted molar refractivity (Wildman–Crippen MR) is 57.9 cm³/mol. The van der Waals surface area contributed by atoms with E-state index in [1.807, 2.05) is 0 Å². The largest absolute Gasteiger partial charge is 0.478 e. The molecule has 10 heteroatoms. The molecule has 0 aliphatic rings. The molecule has 0 aromatic carbocycles. The van der Waals surface area contributed by atoms with Crippen LogP contribution in [0.5, 0.6) is 0 Å². The zero-order valence-corrected chi connectivity index (χ0v) is 10.3. The highest BCUT2D eigenvalue weighted by Crippen LogP contribution is 2.47. The van der Waals surface area contributed by atoms with Crippen LogP contribution < -0.4 is 0 Å². The van der Waals surface area contributed by atoms with E-state index >= 15 is 0 Å². The Morgan fingerprint density at radius 2 is 1.83 bits per heavy atom. The van der Waals surface area contributed by atoms with Crippen LogP contribution in [0.3, 0.4) is 0 Å². The van der Waals surface area contributed by atoms with Crippen LogP contribution in [0.1, 0.15) is 0 Å². The maximum Gasteiger partial charge on any atom is 0.374 e. The predicted octanol–water partition coefficient (Wildman–Crippen LogP) is 3.15. The van der Waals surface area contributed by atoms with Gasteiger partial charge in [-0.3, -0.25) is 0 Å². The van der Waals surface area contributed by atoms with Crippen molar-refractivity contribution in [1.82, 2.24) is 0 Å². The number of aliphatic carboxylic acids is 1. The molecular formula is C8H8F6O2S2. The van der Waals surface area contributed by atoms with Crippen LogP contribution >= 0.6 is 24.4 Å². The molecular weight excluding hydrogens is 306 g/mol. The number of thioether (sulfide) groups is 1. The molecule has 0 heterocycles. The van der Waals surface area contributed by atoms with Gasteiger partial charge in [-0.15, -0.1) is 11.8 Å². The molecule has 2 nitrogen and oxygen atoms in total. The average molecular weight is 314 g/mol. The highest BCUT2D eigenvalue weighted by molar-refractivity contribution is 8.03. The molecule has 0 unspecified atom stereocenters. The number of hydrogen-bond donors (Lipinski definition) is 2. The van der Waals surface area contributed by atoms with Crippen molar-refractivity contribution in [3.05, 3.63) is 11.0 Å². The molecule has 1 N–H and O–H groups in total. The van der Waals surface area contributed by atoms with Crippen molar-refractivity contribution in [2.45, 2.75) is 18.3 Å². The first-order chi connectivity index (χ1) is 8.07. The van der Waals surface area contributed by atoms with Crippen LogP contribution in [0.2, 0.25) is 0 Å². The molecule has 106 valence electrons. The summed E-state index contributed by atoms with van der Waals surface area (Å²) in [6, 6.07) is 0. The zero-order chi connectivity index (χ0) is 14.6. The van der Waals surface area contributed by atoms with E-state index in [0.29, 0.717) is 0 Å². The van der Waals surface area contributed by atoms with Gasteiger partial charge in [0.15, 0.2) is 0 Å².